The van der Waals surface area contributed by atoms with E-state index in [1.54, 1.807) is 18.2 Å². The summed E-state index contributed by atoms with van der Waals surface area (Å²) < 4.78 is 25.9. The molecule has 160 valence electrons. The Morgan fingerprint density at radius 1 is 1.17 bits per heavy atom. The third-order valence-electron chi connectivity index (χ3n) is 4.69. The van der Waals surface area contributed by atoms with Crippen molar-refractivity contribution >= 4 is 21.7 Å². The van der Waals surface area contributed by atoms with Gasteiger partial charge in [-0.15, -0.1) is 0 Å². The molecule has 7 nitrogen and oxygen atoms in total. The molecule has 0 amide bonds. The second-order valence-electron chi connectivity index (χ2n) is 7.05. The zero-order valence-corrected chi connectivity index (χ0v) is 17.9. The van der Waals surface area contributed by atoms with Crippen LogP contribution in [0.3, 0.4) is 0 Å². The SMILES string of the molecule is CCCN1CCc2c(cc(O)c(O)c2Cl)C(c2ccc(O)cc2)C1.CS(=O)(=O)O. The van der Waals surface area contributed by atoms with Crippen LogP contribution in [0.4, 0.5) is 0 Å². The van der Waals surface area contributed by atoms with Crippen LogP contribution in [0.2, 0.25) is 5.02 Å². The third kappa shape index (κ3) is 6.50. The van der Waals surface area contributed by atoms with Gasteiger partial charge in [-0.2, -0.15) is 8.42 Å². The molecule has 4 N–H and O–H groups in total. The summed E-state index contributed by atoms with van der Waals surface area (Å²) in [7, 11) is -3.67. The molecule has 3 rings (SSSR count). The summed E-state index contributed by atoms with van der Waals surface area (Å²) in [6.07, 6.45) is 2.51. The Bertz CT molecular complexity index is 938. The fraction of sp³-hybridized carbons (Fsp3) is 0.400. The molecule has 0 aromatic heterocycles. The molecule has 1 aliphatic heterocycles. The molecular formula is C20H26ClNO6S. The molecule has 0 saturated heterocycles. The van der Waals surface area contributed by atoms with Crippen molar-refractivity contribution < 1.29 is 28.3 Å². The second-order valence-corrected chi connectivity index (χ2v) is 8.90. The smallest absolute Gasteiger partial charge is 0.261 e. The first kappa shape index (κ1) is 23.3. The Morgan fingerprint density at radius 2 is 1.76 bits per heavy atom. The molecule has 1 heterocycles. The van der Waals surface area contributed by atoms with Crippen LogP contribution in [0.1, 0.15) is 36.0 Å². The molecule has 2 aromatic carbocycles. The zero-order valence-electron chi connectivity index (χ0n) is 16.3. The summed E-state index contributed by atoms with van der Waals surface area (Å²) in [5.41, 5.74) is 2.89. The Kier molecular flexibility index (Phi) is 7.76. The van der Waals surface area contributed by atoms with E-state index in [1.165, 1.54) is 0 Å². The number of rotatable bonds is 3. The van der Waals surface area contributed by atoms with Gasteiger partial charge in [-0.05, 0) is 54.3 Å². The highest BCUT2D eigenvalue weighted by molar-refractivity contribution is 7.85. The van der Waals surface area contributed by atoms with E-state index in [1.807, 2.05) is 12.1 Å². The first-order chi connectivity index (χ1) is 13.5. The number of aromatic hydroxyl groups is 3. The second kappa shape index (κ2) is 9.67. The first-order valence-corrected chi connectivity index (χ1v) is 11.4. The Hall–Kier alpha value is -2.00. The molecule has 0 saturated carbocycles. The van der Waals surface area contributed by atoms with E-state index in [9.17, 15) is 23.7 Å². The largest absolute Gasteiger partial charge is 0.508 e. The minimum absolute atomic E-state index is 0.0265. The number of halogens is 1. The first-order valence-electron chi connectivity index (χ1n) is 9.18. The standard InChI is InChI=1S/C19H22ClNO3.CH4O3S/c1-2-8-21-9-7-14-15(10-17(23)19(24)18(14)20)16(11-21)12-3-5-13(22)6-4-12;1-5(2,3)4/h3-6,10,16,22-24H,2,7-9,11H2,1H3;1H3,(H,2,3,4). The van der Waals surface area contributed by atoms with Gasteiger partial charge in [0.05, 0.1) is 11.3 Å². The number of benzene rings is 2. The molecule has 0 spiro atoms. The van der Waals surface area contributed by atoms with Gasteiger partial charge in [-0.25, -0.2) is 0 Å². The Morgan fingerprint density at radius 3 is 2.31 bits per heavy atom. The van der Waals surface area contributed by atoms with Crippen LogP contribution >= 0.6 is 11.6 Å². The molecule has 0 aliphatic carbocycles. The van der Waals surface area contributed by atoms with E-state index in [0.717, 1.165) is 49.2 Å². The van der Waals surface area contributed by atoms with Crippen molar-refractivity contribution in [1.82, 2.24) is 4.90 Å². The number of hydrogen-bond acceptors (Lipinski definition) is 6. The molecule has 0 fully saturated rings. The number of phenols is 3. The molecule has 2 aromatic rings. The highest BCUT2D eigenvalue weighted by Crippen LogP contribution is 2.43. The fourth-order valence-electron chi connectivity index (χ4n) is 3.48. The van der Waals surface area contributed by atoms with Crippen molar-refractivity contribution in [1.29, 1.82) is 0 Å². The zero-order chi connectivity index (χ0) is 21.8. The highest BCUT2D eigenvalue weighted by atomic mass is 35.5. The maximum absolute atomic E-state index is 10.0. The Balaban J connectivity index is 0.000000537. The lowest BCUT2D eigenvalue weighted by Gasteiger charge is -2.25. The van der Waals surface area contributed by atoms with Crippen molar-refractivity contribution in [2.75, 3.05) is 25.9 Å². The predicted molar refractivity (Wildman–Crippen MR) is 113 cm³/mol. The van der Waals surface area contributed by atoms with E-state index in [0.29, 0.717) is 6.26 Å². The molecule has 0 bridgehead atoms. The van der Waals surface area contributed by atoms with Crippen LogP contribution in [0.15, 0.2) is 30.3 Å². The monoisotopic (exact) mass is 443 g/mol. The van der Waals surface area contributed by atoms with Crippen molar-refractivity contribution in [2.45, 2.75) is 25.7 Å². The van der Waals surface area contributed by atoms with Crippen LogP contribution in [-0.4, -0.2) is 59.1 Å². The average Bonchev–Trinajstić information content (AvgIpc) is 2.79. The summed E-state index contributed by atoms with van der Waals surface area (Å²) >= 11 is 6.32. The molecule has 29 heavy (non-hydrogen) atoms. The topological polar surface area (TPSA) is 118 Å². The van der Waals surface area contributed by atoms with Gasteiger partial charge in [0.25, 0.3) is 10.1 Å². The van der Waals surface area contributed by atoms with Gasteiger partial charge < -0.3 is 20.2 Å². The molecule has 1 aliphatic rings. The van der Waals surface area contributed by atoms with Crippen LogP contribution in [0.25, 0.3) is 0 Å². The van der Waals surface area contributed by atoms with Gasteiger partial charge in [0.2, 0.25) is 0 Å². The molecule has 9 heteroatoms. The minimum Gasteiger partial charge on any atom is -0.508 e. The molecule has 0 radical (unpaired) electrons. The van der Waals surface area contributed by atoms with Gasteiger partial charge in [-0.1, -0.05) is 30.7 Å². The summed E-state index contributed by atoms with van der Waals surface area (Å²) in [5, 5.41) is 29.8. The van der Waals surface area contributed by atoms with Crippen molar-refractivity contribution in [3.05, 3.63) is 52.0 Å². The summed E-state index contributed by atoms with van der Waals surface area (Å²) in [6.45, 7) is 4.81. The summed E-state index contributed by atoms with van der Waals surface area (Å²) in [6, 6.07) is 8.77. The van der Waals surface area contributed by atoms with E-state index < -0.39 is 10.1 Å². The highest BCUT2D eigenvalue weighted by Gasteiger charge is 2.28. The molecule has 1 unspecified atom stereocenters. The maximum Gasteiger partial charge on any atom is 0.261 e. The molecular weight excluding hydrogens is 418 g/mol. The fourth-order valence-corrected chi connectivity index (χ4v) is 3.78. The van der Waals surface area contributed by atoms with E-state index in [4.69, 9.17) is 16.2 Å². The number of hydrogen-bond donors (Lipinski definition) is 4. The normalized spacial score (nSPS) is 17.0. The van der Waals surface area contributed by atoms with E-state index in [2.05, 4.69) is 11.8 Å². The Labute approximate surface area is 175 Å². The lowest BCUT2D eigenvalue weighted by molar-refractivity contribution is 0.277. The minimum atomic E-state index is -3.67. The van der Waals surface area contributed by atoms with Crippen molar-refractivity contribution in [3.63, 3.8) is 0 Å². The lowest BCUT2D eigenvalue weighted by atomic mass is 9.87. The maximum atomic E-state index is 10.0. The number of fused-ring (bicyclic) bond motifs is 1. The predicted octanol–water partition coefficient (Wildman–Crippen LogP) is 3.36. The van der Waals surface area contributed by atoms with Crippen molar-refractivity contribution in [2.24, 2.45) is 0 Å². The van der Waals surface area contributed by atoms with Gasteiger partial charge in [0, 0.05) is 19.0 Å². The van der Waals surface area contributed by atoms with Crippen LogP contribution < -0.4 is 0 Å². The number of nitrogens with zero attached hydrogens (tertiary/aromatic N) is 1. The van der Waals surface area contributed by atoms with Gasteiger partial charge in [0.1, 0.15) is 5.75 Å². The van der Waals surface area contributed by atoms with Crippen LogP contribution in [0.5, 0.6) is 17.2 Å². The van der Waals surface area contributed by atoms with E-state index >= 15 is 0 Å². The van der Waals surface area contributed by atoms with E-state index in [-0.39, 0.29) is 28.2 Å². The van der Waals surface area contributed by atoms with Gasteiger partial charge in [0.15, 0.2) is 11.5 Å². The number of phenolic OH excluding ortho intramolecular Hbond substituents is 3. The van der Waals surface area contributed by atoms with Crippen LogP contribution in [0, 0.1) is 0 Å². The molecule has 1 atom stereocenters. The average molecular weight is 444 g/mol. The quantitative estimate of drug-likeness (QED) is 0.424. The van der Waals surface area contributed by atoms with Crippen LogP contribution in [-0.2, 0) is 16.5 Å². The summed E-state index contributed by atoms with van der Waals surface area (Å²) in [5.74, 6) is -0.182. The van der Waals surface area contributed by atoms with Gasteiger partial charge >= 0.3 is 0 Å². The third-order valence-corrected chi connectivity index (χ3v) is 5.09. The van der Waals surface area contributed by atoms with Crippen molar-refractivity contribution in [3.8, 4) is 17.2 Å². The summed E-state index contributed by atoms with van der Waals surface area (Å²) in [4.78, 5) is 2.38. The van der Waals surface area contributed by atoms with Gasteiger partial charge in [-0.3, -0.25) is 4.55 Å². The lowest BCUT2D eigenvalue weighted by Crippen LogP contribution is -2.29.